The number of halogens is 2. The van der Waals surface area contributed by atoms with E-state index in [9.17, 15) is 18.0 Å². The van der Waals surface area contributed by atoms with Gasteiger partial charge in [0.15, 0.2) is 0 Å². The number of hydrogen-bond acceptors (Lipinski definition) is 5. The van der Waals surface area contributed by atoms with E-state index in [4.69, 9.17) is 27.9 Å². The topological polar surface area (TPSA) is 96.0 Å². The second-order valence-corrected chi connectivity index (χ2v) is 13.2. The van der Waals surface area contributed by atoms with E-state index in [1.54, 1.807) is 60.7 Å². The van der Waals surface area contributed by atoms with E-state index in [2.05, 4.69) is 5.32 Å². The first-order valence-electron chi connectivity index (χ1n) is 15.1. The van der Waals surface area contributed by atoms with Crippen LogP contribution in [0.5, 0.6) is 11.5 Å². The van der Waals surface area contributed by atoms with Gasteiger partial charge in [-0.2, -0.15) is 0 Å². The molecule has 4 aromatic rings. The number of ether oxygens (including phenoxy) is 1. The van der Waals surface area contributed by atoms with Gasteiger partial charge in [0, 0.05) is 13.1 Å². The molecule has 0 heterocycles. The van der Waals surface area contributed by atoms with Gasteiger partial charge in [-0.15, -0.1) is 0 Å². The van der Waals surface area contributed by atoms with E-state index in [-0.39, 0.29) is 23.0 Å². The Balaban J connectivity index is 1.71. The first kappa shape index (κ1) is 34.8. The van der Waals surface area contributed by atoms with Crippen LogP contribution in [0.15, 0.2) is 108 Å². The second-order valence-electron chi connectivity index (χ2n) is 10.6. The Bertz CT molecular complexity index is 1710. The molecule has 0 saturated carbocycles. The lowest BCUT2D eigenvalue weighted by molar-refractivity contribution is -0.140. The minimum atomic E-state index is -4.20. The molecule has 11 heteroatoms. The lowest BCUT2D eigenvalue weighted by atomic mass is 10.1. The Morgan fingerprint density at radius 1 is 0.826 bits per heavy atom. The summed E-state index contributed by atoms with van der Waals surface area (Å²) in [4.78, 5) is 29.1. The zero-order valence-corrected chi connectivity index (χ0v) is 28.1. The van der Waals surface area contributed by atoms with Crippen LogP contribution in [-0.4, -0.2) is 44.3 Å². The van der Waals surface area contributed by atoms with Gasteiger partial charge in [0.2, 0.25) is 11.8 Å². The van der Waals surface area contributed by atoms with Crippen LogP contribution in [0.4, 0.5) is 5.69 Å². The lowest BCUT2D eigenvalue weighted by Crippen LogP contribution is -2.52. The highest BCUT2D eigenvalue weighted by Gasteiger charge is 2.33. The van der Waals surface area contributed by atoms with Crippen molar-refractivity contribution in [1.82, 2.24) is 10.2 Å². The van der Waals surface area contributed by atoms with Crippen molar-refractivity contribution in [2.75, 3.05) is 17.4 Å². The van der Waals surface area contributed by atoms with Crippen LogP contribution >= 0.6 is 23.2 Å². The Labute approximate surface area is 280 Å². The highest BCUT2D eigenvalue weighted by Crippen LogP contribution is 2.29. The first-order chi connectivity index (χ1) is 22.1. The van der Waals surface area contributed by atoms with E-state index in [1.807, 2.05) is 44.2 Å². The Kier molecular flexibility index (Phi) is 12.5. The maximum atomic E-state index is 14.3. The summed E-state index contributed by atoms with van der Waals surface area (Å²) in [5.41, 5.74) is 0.898. The van der Waals surface area contributed by atoms with Crippen LogP contribution in [-0.2, 0) is 26.2 Å². The fourth-order valence-electron chi connectivity index (χ4n) is 4.81. The summed E-state index contributed by atoms with van der Waals surface area (Å²) in [6.45, 7) is 3.75. The van der Waals surface area contributed by atoms with Crippen LogP contribution in [0.1, 0.15) is 38.7 Å². The molecule has 8 nitrogen and oxygen atoms in total. The molecule has 1 N–H and O–H groups in total. The number of sulfonamides is 1. The minimum Gasteiger partial charge on any atom is -0.457 e. The van der Waals surface area contributed by atoms with Gasteiger partial charge in [-0.3, -0.25) is 13.9 Å². The number of unbranched alkanes of at least 4 members (excludes halogenated alkanes) is 1. The fourth-order valence-corrected chi connectivity index (χ4v) is 6.57. The van der Waals surface area contributed by atoms with Gasteiger partial charge < -0.3 is 15.0 Å². The summed E-state index contributed by atoms with van der Waals surface area (Å²) in [7, 11) is -4.20. The number of amides is 2. The molecular formula is C35H37Cl2N3O5S. The maximum absolute atomic E-state index is 14.3. The van der Waals surface area contributed by atoms with Crippen LogP contribution in [0.25, 0.3) is 0 Å². The summed E-state index contributed by atoms with van der Waals surface area (Å²) < 4.78 is 35.1. The molecule has 0 aliphatic carbocycles. The van der Waals surface area contributed by atoms with Gasteiger partial charge in [-0.1, -0.05) is 85.9 Å². The molecule has 2 amide bonds. The summed E-state index contributed by atoms with van der Waals surface area (Å²) in [5, 5.41) is 3.58. The average Bonchev–Trinajstić information content (AvgIpc) is 3.06. The van der Waals surface area contributed by atoms with E-state index < -0.39 is 28.5 Å². The van der Waals surface area contributed by atoms with Crippen molar-refractivity contribution < 1.29 is 22.7 Å². The number of carbonyl (C=O) groups is 2. The lowest BCUT2D eigenvalue weighted by Gasteiger charge is -2.33. The molecule has 0 aromatic heterocycles. The monoisotopic (exact) mass is 681 g/mol. The summed E-state index contributed by atoms with van der Waals surface area (Å²) in [6, 6.07) is 27.7. The third-order valence-electron chi connectivity index (χ3n) is 7.27. The number of carbonyl (C=O) groups excluding carboxylic acids is 2. The van der Waals surface area contributed by atoms with Gasteiger partial charge in [0.1, 0.15) is 24.1 Å². The van der Waals surface area contributed by atoms with Gasteiger partial charge in [-0.05, 0) is 79.1 Å². The number of nitrogens with zero attached hydrogens (tertiary/aromatic N) is 2. The minimum absolute atomic E-state index is 0.0124. The van der Waals surface area contributed by atoms with Crippen molar-refractivity contribution in [1.29, 1.82) is 0 Å². The maximum Gasteiger partial charge on any atom is 0.264 e. The molecule has 0 aliphatic rings. The fraction of sp³-hybridized carbons (Fsp3) is 0.257. The number of anilines is 1. The number of nitrogens with one attached hydrogen (secondary N) is 1. The highest BCUT2D eigenvalue weighted by molar-refractivity contribution is 7.92. The summed E-state index contributed by atoms with van der Waals surface area (Å²) in [5.74, 6) is 0.242. The summed E-state index contributed by atoms with van der Waals surface area (Å²) in [6.07, 6.45) is 1.99. The molecule has 46 heavy (non-hydrogen) atoms. The molecule has 4 aromatic carbocycles. The van der Waals surface area contributed by atoms with Gasteiger partial charge in [0.25, 0.3) is 10.0 Å². The first-order valence-corrected chi connectivity index (χ1v) is 17.3. The Morgan fingerprint density at radius 2 is 1.46 bits per heavy atom. The number of benzene rings is 4. The molecule has 0 bridgehead atoms. The predicted octanol–water partition coefficient (Wildman–Crippen LogP) is 7.70. The quantitative estimate of drug-likeness (QED) is 0.130. The van der Waals surface area contributed by atoms with E-state index in [1.165, 1.54) is 17.0 Å². The molecular weight excluding hydrogens is 645 g/mol. The van der Waals surface area contributed by atoms with Gasteiger partial charge >= 0.3 is 0 Å². The van der Waals surface area contributed by atoms with E-state index in [0.29, 0.717) is 40.1 Å². The molecule has 1 atom stereocenters. The van der Waals surface area contributed by atoms with Crippen molar-refractivity contribution >= 4 is 50.7 Å². The van der Waals surface area contributed by atoms with Crippen LogP contribution in [0.3, 0.4) is 0 Å². The van der Waals surface area contributed by atoms with E-state index in [0.717, 1.165) is 17.1 Å². The van der Waals surface area contributed by atoms with Gasteiger partial charge in [-0.25, -0.2) is 8.42 Å². The molecule has 4 rings (SSSR count). The van der Waals surface area contributed by atoms with Crippen LogP contribution in [0, 0.1) is 0 Å². The highest BCUT2D eigenvalue weighted by atomic mass is 35.5. The molecule has 0 radical (unpaired) electrons. The summed E-state index contributed by atoms with van der Waals surface area (Å²) >= 11 is 12.4. The Hall–Kier alpha value is -4.05. The van der Waals surface area contributed by atoms with Crippen LogP contribution < -0.4 is 14.4 Å². The normalized spacial score (nSPS) is 11.8. The molecule has 0 saturated heterocycles. The third-order valence-corrected chi connectivity index (χ3v) is 9.79. The van der Waals surface area contributed by atoms with Gasteiger partial charge in [0.05, 0.1) is 20.6 Å². The molecule has 0 aliphatic heterocycles. The molecule has 242 valence electrons. The van der Waals surface area contributed by atoms with Crippen molar-refractivity contribution in [3.63, 3.8) is 0 Å². The number of hydrogen-bond donors (Lipinski definition) is 1. The SMILES string of the molecule is CCCCNC(=O)[C@@H](CC)N(Cc1ccc(Cl)c(Cl)c1)C(=O)CN(c1ccc(Oc2ccccc2)cc1)S(=O)(=O)c1ccccc1. The number of rotatable bonds is 15. The zero-order valence-electron chi connectivity index (χ0n) is 25.7. The van der Waals surface area contributed by atoms with E-state index >= 15 is 0 Å². The molecule has 0 unspecified atom stereocenters. The third kappa shape index (κ3) is 9.02. The largest absolute Gasteiger partial charge is 0.457 e. The number of para-hydroxylation sites is 1. The standard InChI is InChI=1S/C35H37Cl2N3O5S/c1-3-5-22-38-35(42)33(4-2)39(24-26-16-21-31(36)32(37)23-26)34(41)25-40(46(43,44)30-14-10-7-11-15-30)27-17-19-29(20-18-27)45-28-12-8-6-9-13-28/h6-21,23,33H,3-5,22,24-25H2,1-2H3,(H,38,42)/t33-/m1/s1. The van der Waals surface area contributed by atoms with Crippen molar-refractivity contribution in [3.8, 4) is 11.5 Å². The predicted molar refractivity (Wildman–Crippen MR) is 183 cm³/mol. The average molecular weight is 683 g/mol. The zero-order chi connectivity index (χ0) is 33.1. The smallest absolute Gasteiger partial charge is 0.264 e. The Morgan fingerprint density at radius 3 is 2.07 bits per heavy atom. The van der Waals surface area contributed by atoms with Crippen LogP contribution in [0.2, 0.25) is 10.0 Å². The van der Waals surface area contributed by atoms with Crippen molar-refractivity contribution in [2.45, 2.75) is 50.6 Å². The van der Waals surface area contributed by atoms with Crippen molar-refractivity contribution in [3.05, 3.63) is 119 Å². The molecule has 0 spiro atoms. The van der Waals surface area contributed by atoms with Crippen molar-refractivity contribution in [2.24, 2.45) is 0 Å². The second kappa shape index (κ2) is 16.5. The molecule has 0 fully saturated rings.